The van der Waals surface area contributed by atoms with Gasteiger partial charge in [0.25, 0.3) is 0 Å². The van der Waals surface area contributed by atoms with Crippen molar-refractivity contribution in [1.29, 1.82) is 0 Å². The van der Waals surface area contributed by atoms with Gasteiger partial charge in [-0.25, -0.2) is 0 Å². The number of hydrogen-bond acceptors (Lipinski definition) is 2. The Morgan fingerprint density at radius 1 is 1.09 bits per heavy atom. The van der Waals surface area contributed by atoms with E-state index in [2.05, 4.69) is 15.9 Å². The van der Waals surface area contributed by atoms with E-state index in [4.69, 9.17) is 0 Å². The summed E-state index contributed by atoms with van der Waals surface area (Å²) in [5.41, 5.74) is 3.28. The lowest BCUT2D eigenvalue weighted by atomic mass is 9.98. The minimum absolute atomic E-state index is 0.0361. The van der Waals surface area contributed by atoms with Crippen LogP contribution in [0.2, 0.25) is 0 Å². The second kappa shape index (κ2) is 5.54. The number of rotatable bonds is 3. The molecular weight excluding hydrogens is 342 g/mol. The number of ketones is 2. The van der Waals surface area contributed by atoms with Crippen LogP contribution in [0.25, 0.3) is 5.52 Å². The second-order valence-corrected chi connectivity index (χ2v) is 6.14. The van der Waals surface area contributed by atoms with Crippen LogP contribution >= 0.6 is 15.9 Å². The fourth-order valence-electron chi connectivity index (χ4n) is 2.66. The van der Waals surface area contributed by atoms with Crippen LogP contribution < -0.4 is 0 Å². The summed E-state index contributed by atoms with van der Waals surface area (Å²) in [6.07, 6.45) is 1.85. The molecule has 0 bridgehead atoms. The van der Waals surface area contributed by atoms with E-state index in [0.717, 1.165) is 9.99 Å². The number of fused-ring (bicyclic) bond motifs is 1. The van der Waals surface area contributed by atoms with E-state index < -0.39 is 0 Å². The molecule has 4 heteroatoms. The highest BCUT2D eigenvalue weighted by Gasteiger charge is 2.19. The van der Waals surface area contributed by atoms with Crippen LogP contribution in [-0.2, 0) is 0 Å². The average molecular weight is 356 g/mol. The Morgan fingerprint density at radius 2 is 1.77 bits per heavy atom. The molecule has 110 valence electrons. The average Bonchev–Trinajstić information content (AvgIpc) is 2.94. The molecule has 0 aliphatic heterocycles. The van der Waals surface area contributed by atoms with E-state index in [1.165, 1.54) is 6.92 Å². The quantitative estimate of drug-likeness (QED) is 0.651. The Labute approximate surface area is 136 Å². The van der Waals surface area contributed by atoms with Crippen molar-refractivity contribution in [1.82, 2.24) is 4.40 Å². The summed E-state index contributed by atoms with van der Waals surface area (Å²) in [4.78, 5) is 24.8. The van der Waals surface area contributed by atoms with E-state index in [9.17, 15) is 9.59 Å². The first-order valence-electron chi connectivity index (χ1n) is 6.91. The molecule has 2 aromatic heterocycles. The molecule has 0 radical (unpaired) electrons. The highest BCUT2D eigenvalue weighted by Crippen LogP contribution is 2.23. The van der Waals surface area contributed by atoms with Crippen LogP contribution in [0, 0.1) is 6.92 Å². The number of benzene rings is 1. The van der Waals surface area contributed by atoms with Gasteiger partial charge in [0.15, 0.2) is 5.78 Å². The zero-order valence-corrected chi connectivity index (χ0v) is 13.8. The minimum atomic E-state index is -0.0886. The van der Waals surface area contributed by atoms with Gasteiger partial charge < -0.3 is 4.40 Å². The van der Waals surface area contributed by atoms with Crippen molar-refractivity contribution in [3.05, 3.63) is 75.5 Å². The Hall–Kier alpha value is -2.20. The minimum Gasteiger partial charge on any atom is -0.313 e. The molecule has 0 amide bonds. The number of carbonyl (C=O) groups excluding carboxylic acids is 2. The number of halogens is 1. The molecule has 0 unspecified atom stereocenters. The molecule has 0 atom stereocenters. The van der Waals surface area contributed by atoms with Gasteiger partial charge in [0.1, 0.15) is 0 Å². The maximum absolute atomic E-state index is 12.9. The molecule has 0 aliphatic carbocycles. The molecule has 3 aromatic rings. The fourth-order valence-corrected chi connectivity index (χ4v) is 2.93. The summed E-state index contributed by atoms with van der Waals surface area (Å²) in [6.45, 7) is 3.35. The third-order valence-electron chi connectivity index (χ3n) is 3.77. The Balaban J connectivity index is 2.26. The van der Waals surface area contributed by atoms with Gasteiger partial charge in [-0.05, 0) is 61.9 Å². The highest BCUT2D eigenvalue weighted by molar-refractivity contribution is 9.10. The zero-order chi connectivity index (χ0) is 15.9. The number of carbonyl (C=O) groups is 2. The van der Waals surface area contributed by atoms with Gasteiger partial charge in [0.2, 0.25) is 5.78 Å². The van der Waals surface area contributed by atoms with Crippen LogP contribution in [0.3, 0.4) is 0 Å². The van der Waals surface area contributed by atoms with Gasteiger partial charge in [0.05, 0.1) is 5.69 Å². The van der Waals surface area contributed by atoms with Gasteiger partial charge in [-0.2, -0.15) is 0 Å². The highest BCUT2D eigenvalue weighted by atomic mass is 79.9. The molecule has 22 heavy (non-hydrogen) atoms. The molecule has 0 fully saturated rings. The van der Waals surface area contributed by atoms with Crippen LogP contribution in [0.4, 0.5) is 0 Å². The van der Waals surface area contributed by atoms with Gasteiger partial charge >= 0.3 is 0 Å². The van der Waals surface area contributed by atoms with Crippen molar-refractivity contribution in [2.75, 3.05) is 0 Å². The Morgan fingerprint density at radius 3 is 2.41 bits per heavy atom. The van der Waals surface area contributed by atoms with Crippen molar-refractivity contribution in [3.63, 3.8) is 0 Å². The van der Waals surface area contributed by atoms with Gasteiger partial charge in [0, 0.05) is 27.3 Å². The summed E-state index contributed by atoms with van der Waals surface area (Å²) in [5.74, 6) is -0.125. The molecule has 0 spiro atoms. The predicted octanol–water partition coefficient (Wildman–Crippen LogP) is 4.44. The number of pyridine rings is 1. The van der Waals surface area contributed by atoms with E-state index >= 15 is 0 Å². The van der Waals surface area contributed by atoms with Crippen molar-refractivity contribution < 1.29 is 9.59 Å². The molecule has 0 saturated heterocycles. The molecule has 3 nitrogen and oxygen atoms in total. The number of aromatic nitrogens is 1. The lowest BCUT2D eigenvalue weighted by molar-refractivity contribution is 0.101. The molecule has 3 rings (SSSR count). The summed E-state index contributed by atoms with van der Waals surface area (Å²) in [7, 11) is 0. The predicted molar refractivity (Wildman–Crippen MR) is 89.7 cm³/mol. The molecule has 2 heterocycles. The summed E-state index contributed by atoms with van der Waals surface area (Å²) in [6, 6.07) is 12.8. The SMILES string of the molecule is CC(=O)c1cc2cccn2c(C(=O)c2ccc(Br)cc2)c1C. The monoisotopic (exact) mass is 355 g/mol. The zero-order valence-electron chi connectivity index (χ0n) is 12.3. The first-order valence-corrected chi connectivity index (χ1v) is 7.70. The van der Waals surface area contributed by atoms with Crippen LogP contribution in [-0.4, -0.2) is 16.0 Å². The standard InChI is InChI=1S/C18H14BrNO2/c1-11-16(12(2)21)10-15-4-3-9-20(15)17(11)18(22)13-5-7-14(19)8-6-13/h3-10H,1-2H3. The summed E-state index contributed by atoms with van der Waals surface area (Å²) >= 11 is 3.37. The summed E-state index contributed by atoms with van der Waals surface area (Å²) in [5, 5.41) is 0. The molecule has 0 saturated carbocycles. The van der Waals surface area contributed by atoms with E-state index in [0.29, 0.717) is 22.4 Å². The van der Waals surface area contributed by atoms with Crippen LogP contribution in [0.15, 0.2) is 53.1 Å². The topological polar surface area (TPSA) is 38.5 Å². The molecule has 1 aromatic carbocycles. The third kappa shape index (κ3) is 2.40. The number of nitrogens with zero attached hydrogens (tertiary/aromatic N) is 1. The van der Waals surface area contributed by atoms with Crippen molar-refractivity contribution in [2.24, 2.45) is 0 Å². The van der Waals surface area contributed by atoms with Crippen molar-refractivity contribution >= 4 is 33.0 Å². The van der Waals surface area contributed by atoms with E-state index in [1.54, 1.807) is 12.1 Å². The van der Waals surface area contributed by atoms with Crippen LogP contribution in [0.1, 0.15) is 38.9 Å². The maximum Gasteiger partial charge on any atom is 0.210 e. The lowest BCUT2D eigenvalue weighted by Gasteiger charge is -2.13. The maximum atomic E-state index is 12.9. The van der Waals surface area contributed by atoms with Gasteiger partial charge in [-0.15, -0.1) is 0 Å². The number of hydrogen-bond donors (Lipinski definition) is 0. The largest absolute Gasteiger partial charge is 0.313 e. The fraction of sp³-hybridized carbons (Fsp3) is 0.111. The second-order valence-electron chi connectivity index (χ2n) is 5.23. The normalized spacial score (nSPS) is 10.9. The molecule has 0 aliphatic rings. The first-order chi connectivity index (χ1) is 10.5. The molecule has 0 N–H and O–H groups in total. The Bertz CT molecular complexity index is 891. The van der Waals surface area contributed by atoms with Gasteiger partial charge in [-0.1, -0.05) is 15.9 Å². The van der Waals surface area contributed by atoms with E-state index in [1.807, 2.05) is 47.9 Å². The first kappa shape index (κ1) is 14.7. The molecular formula is C18H14BrNO2. The van der Waals surface area contributed by atoms with Crippen molar-refractivity contribution in [2.45, 2.75) is 13.8 Å². The smallest absolute Gasteiger partial charge is 0.210 e. The van der Waals surface area contributed by atoms with E-state index in [-0.39, 0.29) is 11.6 Å². The lowest BCUT2D eigenvalue weighted by Crippen LogP contribution is -2.13. The summed E-state index contributed by atoms with van der Waals surface area (Å²) < 4.78 is 2.76. The third-order valence-corrected chi connectivity index (χ3v) is 4.30. The van der Waals surface area contributed by atoms with Crippen molar-refractivity contribution in [3.8, 4) is 0 Å². The number of Topliss-reactive ketones (excluding diaryl/α,β-unsaturated/α-hetero) is 1. The van der Waals surface area contributed by atoms with Crippen LogP contribution in [0.5, 0.6) is 0 Å². The van der Waals surface area contributed by atoms with Gasteiger partial charge in [-0.3, -0.25) is 9.59 Å². The Kier molecular flexibility index (Phi) is 3.71.